The van der Waals surface area contributed by atoms with E-state index in [4.69, 9.17) is 29.1 Å². The molecule has 98 heavy (non-hydrogen) atoms. The van der Waals surface area contributed by atoms with Gasteiger partial charge in [0.05, 0.1) is 52.2 Å². The van der Waals surface area contributed by atoms with Crippen LogP contribution in [0, 0.1) is 10.8 Å². The Labute approximate surface area is 558 Å². The highest BCUT2D eigenvalue weighted by molar-refractivity contribution is 5.99. The molecule has 3 aromatic rings. The fourth-order valence-corrected chi connectivity index (χ4v) is 12.5. The van der Waals surface area contributed by atoms with Crippen LogP contribution >= 0.6 is 0 Å². The molecule has 6 fully saturated rings. The van der Waals surface area contributed by atoms with E-state index in [-0.39, 0.29) is 24.4 Å². The van der Waals surface area contributed by atoms with Crippen LogP contribution in [0.15, 0.2) is 84.9 Å². The van der Waals surface area contributed by atoms with Crippen LogP contribution in [0.3, 0.4) is 0 Å². The van der Waals surface area contributed by atoms with Gasteiger partial charge in [-0.15, -0.1) is 0 Å². The molecule has 6 heterocycles. The number of aliphatic hydroxyl groups excluding tert-OH is 14. The lowest BCUT2D eigenvalue weighted by Crippen LogP contribution is -2.69. The second kappa shape index (κ2) is 32.8. The smallest absolute Gasteiger partial charge is 0.247 e. The molecule has 24 atom stereocenters. The minimum atomic E-state index is -2.38. The van der Waals surface area contributed by atoms with E-state index < -0.39 is 246 Å². The average molecular weight is 1390 g/mol. The number of nitrogens with one attached hydrogen (secondary N) is 9. The maximum absolute atomic E-state index is 15.9. The van der Waals surface area contributed by atoms with E-state index in [9.17, 15) is 91.3 Å². The fourth-order valence-electron chi connectivity index (χ4n) is 12.5. The lowest BCUT2D eigenvalue weighted by molar-refractivity contribution is -0.352. The second-order valence-corrected chi connectivity index (χ2v) is 24.5. The number of hydrogen-bond donors (Lipinski definition) is 23. The van der Waals surface area contributed by atoms with Crippen LogP contribution in [0.4, 0.5) is 0 Å². The summed E-state index contributed by atoms with van der Waals surface area (Å²) in [5, 5.41) is 187. The molecule has 0 bridgehead atoms. The molecule has 6 saturated heterocycles. The van der Waals surface area contributed by atoms with E-state index in [1.165, 1.54) is 29.2 Å². The van der Waals surface area contributed by atoms with Crippen molar-refractivity contribution in [3.63, 3.8) is 0 Å². The number of carbonyl (C=O) groups excluding carboxylic acids is 6. The Bertz CT molecular complexity index is 3240. The molecule has 0 aliphatic carbocycles. The maximum Gasteiger partial charge on any atom is 0.247 e. The topological polar surface area (TPSA) is 573 Å². The molecule has 538 valence electrons. The van der Waals surface area contributed by atoms with Crippen LogP contribution in [0.2, 0.25) is 0 Å². The zero-order chi connectivity index (χ0) is 71.0. The van der Waals surface area contributed by atoms with Crippen molar-refractivity contribution in [2.24, 2.45) is 0 Å². The van der Waals surface area contributed by atoms with Gasteiger partial charge in [0.1, 0.15) is 121 Å². The maximum atomic E-state index is 15.9. The number of nitrogens with zero attached hydrogens (tertiary/aromatic N) is 3. The van der Waals surface area contributed by atoms with Crippen molar-refractivity contribution < 1.29 is 124 Å². The third-order valence-corrected chi connectivity index (χ3v) is 18.0. The van der Waals surface area contributed by atoms with Crippen LogP contribution in [-0.2, 0) is 60.7 Å². The molecule has 37 heteroatoms. The molecule has 0 spiro atoms. The zero-order valence-corrected chi connectivity index (χ0v) is 52.6. The minimum Gasteiger partial charge on any atom is -0.462 e. The summed E-state index contributed by atoms with van der Waals surface area (Å²) in [6, 6.07) is 10.5. The van der Waals surface area contributed by atoms with Gasteiger partial charge in [0.2, 0.25) is 41.7 Å². The lowest BCUT2D eigenvalue weighted by Gasteiger charge is -2.46. The van der Waals surface area contributed by atoms with Crippen LogP contribution in [0.5, 0.6) is 5.75 Å². The summed E-state index contributed by atoms with van der Waals surface area (Å²) >= 11 is 0. The van der Waals surface area contributed by atoms with Crippen molar-refractivity contribution in [3.05, 3.63) is 102 Å². The van der Waals surface area contributed by atoms with Gasteiger partial charge < -0.3 is 147 Å². The van der Waals surface area contributed by atoms with E-state index in [2.05, 4.69) is 37.2 Å². The number of hydrogen-bond acceptors (Lipinski definition) is 27. The molecule has 9 rings (SSSR count). The summed E-state index contributed by atoms with van der Waals surface area (Å²) in [6.07, 6.45) is -31.5. The molecule has 23 N–H and O–H groups in total. The second-order valence-electron chi connectivity index (χ2n) is 24.5. The van der Waals surface area contributed by atoms with E-state index >= 15 is 14.4 Å². The predicted molar refractivity (Wildman–Crippen MR) is 330 cm³/mol. The Kier molecular flexibility index (Phi) is 24.9. The molecule has 6 aliphatic rings. The number of ether oxygens (including phenoxy) is 5. The van der Waals surface area contributed by atoms with Crippen molar-refractivity contribution in [1.29, 1.82) is 10.8 Å². The SMILES string of the molecule is CC(c1ccccc1)C1NC(=O)CNC(=O)C(CO)NC(=O)C(C(O)C2CN(Cc3ccccc3)C(=N)N2C2OC(CO)C(O)C(O)C2O)NC(=O)C(CO)N(C2CNC(=N)N2)C(=O)C(Cc2ccc(OC3OC(CO)C(OC4OC(CO)C(O)C(O)C4O)C(O)C3O)cc2)NC1=O. The quantitative estimate of drug-likeness (QED) is 0.0530. The molecular weight excluding hydrogens is 1300 g/mol. The molecule has 0 radical (unpaired) electrons. The minimum absolute atomic E-state index is 0.0826. The van der Waals surface area contributed by atoms with Gasteiger partial charge in [-0.05, 0) is 28.8 Å². The summed E-state index contributed by atoms with van der Waals surface area (Å²) in [7, 11) is 0. The molecule has 0 aromatic heterocycles. The first-order chi connectivity index (χ1) is 46.8. The third kappa shape index (κ3) is 16.4. The summed E-state index contributed by atoms with van der Waals surface area (Å²) in [5.74, 6) is -9.21. The highest BCUT2D eigenvalue weighted by Crippen LogP contribution is 2.34. The molecule has 37 nitrogen and oxygen atoms in total. The Morgan fingerprint density at radius 1 is 0.561 bits per heavy atom. The molecule has 6 amide bonds. The molecule has 0 saturated carbocycles. The molecular formula is C61H84N12O25. The summed E-state index contributed by atoms with van der Waals surface area (Å²) in [6.45, 7) is -5.38. The summed E-state index contributed by atoms with van der Waals surface area (Å²) < 4.78 is 28.6. The van der Waals surface area contributed by atoms with E-state index in [0.29, 0.717) is 11.1 Å². The first-order valence-electron chi connectivity index (χ1n) is 31.5. The number of carbonyl (C=O) groups is 6. The normalized spacial score (nSPS) is 35.6. The molecule has 6 aliphatic heterocycles. The van der Waals surface area contributed by atoms with Crippen molar-refractivity contribution in [2.45, 2.75) is 166 Å². The van der Waals surface area contributed by atoms with Crippen molar-refractivity contribution in [3.8, 4) is 5.75 Å². The number of amides is 6. The predicted octanol–water partition coefficient (Wildman–Crippen LogP) is -11.0. The van der Waals surface area contributed by atoms with E-state index in [1.54, 1.807) is 67.6 Å². The third-order valence-electron chi connectivity index (χ3n) is 18.0. The van der Waals surface area contributed by atoms with Gasteiger partial charge in [-0.25, -0.2) is 0 Å². The standard InChI is InChI=1S/C61H84N12O25/c1-26(29-10-6-3-7-11-29)40-54(91)66-31(16-27-12-14-30(15-13-27)94-58-50(88)47(85)51(37(25-78)97-58)98-59-49(87)46(84)44(82)36(24-77)96-59)56(93)72(38-17-65-60(62)68-38)34(22-75)53(90)70-41(55(92)67-32(21-74)52(89)64-18-39(79)69-40)42(80)33-20-71(19-28-8-4-2-5-9-28)61(63)73(33)57-48(86)45(83)43(81)35(23-76)95-57/h2-15,26,31-38,40-51,57-59,63,74-78,80-88H,16-25H2,1H3,(H,64,89)(H,66,91)(H,67,92)(H,69,79)(H,70,90)(H3,62,65,68). The Morgan fingerprint density at radius 2 is 1.15 bits per heavy atom. The lowest BCUT2D eigenvalue weighted by atomic mass is 9.92. The Hall–Kier alpha value is -7.90. The Morgan fingerprint density at radius 3 is 1.77 bits per heavy atom. The molecule has 3 aromatic carbocycles. The van der Waals surface area contributed by atoms with Crippen LogP contribution in [0.25, 0.3) is 0 Å². The number of guanidine groups is 2. The summed E-state index contributed by atoms with van der Waals surface area (Å²) in [5.41, 5.74) is 1.29. The number of rotatable bonds is 19. The van der Waals surface area contributed by atoms with Gasteiger partial charge in [-0.1, -0.05) is 79.7 Å². The zero-order valence-electron chi connectivity index (χ0n) is 52.6. The van der Waals surface area contributed by atoms with Gasteiger partial charge in [-0.3, -0.25) is 39.6 Å². The van der Waals surface area contributed by atoms with Crippen molar-refractivity contribution in [1.82, 2.24) is 51.9 Å². The van der Waals surface area contributed by atoms with Crippen molar-refractivity contribution in [2.75, 3.05) is 52.7 Å². The van der Waals surface area contributed by atoms with Crippen molar-refractivity contribution >= 4 is 47.4 Å². The van der Waals surface area contributed by atoms with Gasteiger partial charge >= 0.3 is 0 Å². The molecule has 24 unspecified atom stereocenters. The number of benzene rings is 3. The average Bonchev–Trinajstić information content (AvgIpc) is 1.53. The first kappa shape index (κ1) is 74.3. The fraction of sp³-hybridized carbons (Fsp3) is 0.574. The van der Waals surface area contributed by atoms with Gasteiger partial charge in [-0.2, -0.15) is 0 Å². The highest BCUT2D eigenvalue weighted by atomic mass is 16.7. The highest BCUT2D eigenvalue weighted by Gasteiger charge is 2.56. The first-order valence-corrected chi connectivity index (χ1v) is 31.5. The summed E-state index contributed by atoms with van der Waals surface area (Å²) in [4.78, 5) is 92.3. The van der Waals surface area contributed by atoms with Crippen LogP contribution in [0.1, 0.15) is 29.5 Å². The number of aliphatic hydroxyl groups is 14. The van der Waals surface area contributed by atoms with Crippen LogP contribution < -0.4 is 42.0 Å². The largest absolute Gasteiger partial charge is 0.462 e. The Balaban J connectivity index is 1.06. The van der Waals surface area contributed by atoms with Gasteiger partial charge in [0, 0.05) is 25.4 Å². The van der Waals surface area contributed by atoms with Gasteiger partial charge in [0.15, 0.2) is 24.4 Å². The van der Waals surface area contributed by atoms with Gasteiger partial charge in [0.25, 0.3) is 0 Å². The van der Waals surface area contributed by atoms with E-state index in [1.807, 2.05) is 0 Å². The monoisotopic (exact) mass is 1380 g/mol. The van der Waals surface area contributed by atoms with Crippen LogP contribution in [-0.4, -0.2) is 327 Å². The van der Waals surface area contributed by atoms with E-state index in [0.717, 1.165) is 9.80 Å².